The summed E-state index contributed by atoms with van der Waals surface area (Å²) >= 11 is 0. The van der Waals surface area contributed by atoms with Crippen molar-refractivity contribution < 1.29 is 0 Å². The zero-order valence-electron chi connectivity index (χ0n) is 74.1. The maximum atomic E-state index is 2.50. The molecule has 0 atom stereocenters. The molecule has 0 unspecified atom stereocenters. The Morgan fingerprint density at radius 1 is 0.188 bits per heavy atom. The van der Waals surface area contributed by atoms with Crippen molar-refractivity contribution in [1.82, 2.24) is 18.1 Å². The second-order valence-electron chi connectivity index (χ2n) is 37.3. The van der Waals surface area contributed by atoms with Gasteiger partial charge < -0.3 is 27.9 Å². The normalized spacial score (nSPS) is 13.7. The maximum Gasteiger partial charge on any atom is 0.0754 e. The van der Waals surface area contributed by atoms with Crippen LogP contribution in [-0.4, -0.2) is 18.1 Å². The van der Waals surface area contributed by atoms with Gasteiger partial charge >= 0.3 is 0 Å². The largest absolute Gasteiger partial charge is 0.310 e. The molecule has 0 radical (unpaired) electrons. The first-order valence-electron chi connectivity index (χ1n) is 46.5. The molecule has 0 saturated heterocycles. The number of benzene rings is 20. The molecule has 0 saturated carbocycles. The van der Waals surface area contributed by atoms with Crippen molar-refractivity contribution in [3.63, 3.8) is 0 Å². The van der Waals surface area contributed by atoms with E-state index in [-0.39, 0.29) is 10.8 Å². The van der Waals surface area contributed by atoms with Crippen molar-refractivity contribution in [3.05, 3.63) is 506 Å². The van der Waals surface area contributed by atoms with Gasteiger partial charge in [-0.2, -0.15) is 0 Å². The Hall–Kier alpha value is -16.8. The Kier molecular flexibility index (Phi) is 16.7. The minimum Gasteiger partial charge on any atom is -0.310 e. The van der Waals surface area contributed by atoms with Crippen molar-refractivity contribution in [2.24, 2.45) is 0 Å². The molecule has 0 fully saturated rings. The molecule has 6 heteroatoms. The Morgan fingerprint density at radius 2 is 0.534 bits per heavy atom. The summed E-state index contributed by atoms with van der Waals surface area (Å²) in [4.78, 5) is 4.90. The number of anilines is 6. The minimum atomic E-state index is -0.403. The second kappa shape index (κ2) is 29.1. The fourth-order valence-corrected chi connectivity index (χ4v) is 23.9. The van der Waals surface area contributed by atoms with E-state index in [4.69, 9.17) is 0 Å². The predicted molar refractivity (Wildman–Crippen MR) is 558 cm³/mol. The van der Waals surface area contributed by atoms with Crippen LogP contribution in [0.1, 0.15) is 72.2 Å². The van der Waals surface area contributed by atoms with Crippen LogP contribution in [0.5, 0.6) is 0 Å². The lowest BCUT2D eigenvalue weighted by atomic mass is 9.64. The number of hydrogen-bond acceptors (Lipinski definition) is 2. The topological polar surface area (TPSA) is 25.7 Å². The van der Waals surface area contributed by atoms with E-state index >= 15 is 0 Å². The highest BCUT2D eigenvalue weighted by molar-refractivity contribution is 6.25. The van der Waals surface area contributed by atoms with Crippen LogP contribution in [0.15, 0.2) is 461 Å². The molecule has 0 amide bonds. The third kappa shape index (κ3) is 11.1. The van der Waals surface area contributed by atoms with Gasteiger partial charge in [0.25, 0.3) is 0 Å². The minimum absolute atomic E-state index is 0.0871. The summed E-state index contributed by atoms with van der Waals surface area (Å²) in [7, 11) is 0. The monoisotopic (exact) mass is 1700 g/mol. The number of hydrogen-bond donors (Lipinski definition) is 0. The molecule has 25 aromatic rings. The second-order valence-corrected chi connectivity index (χ2v) is 37.3. The number of para-hydroxylation sites is 9. The van der Waals surface area contributed by atoms with Gasteiger partial charge in [0, 0.05) is 93.1 Å². The third-order valence-electron chi connectivity index (χ3n) is 29.8. The predicted octanol–water partition coefficient (Wildman–Crippen LogP) is 33.4. The van der Waals surface area contributed by atoms with Crippen LogP contribution in [0.2, 0.25) is 0 Å². The van der Waals surface area contributed by atoms with E-state index in [1.165, 1.54) is 227 Å². The lowest BCUT2D eigenvalue weighted by Crippen LogP contribution is -2.36. The molecule has 5 aromatic heterocycles. The zero-order valence-corrected chi connectivity index (χ0v) is 74.1. The first-order valence-corrected chi connectivity index (χ1v) is 46.5. The first-order chi connectivity index (χ1) is 65.5. The van der Waals surface area contributed by atoms with Crippen molar-refractivity contribution in [1.29, 1.82) is 0 Å². The van der Waals surface area contributed by atoms with E-state index in [1.807, 2.05) is 0 Å². The number of rotatable bonds is 8. The van der Waals surface area contributed by atoms with Gasteiger partial charge in [0.15, 0.2) is 0 Å². The fourth-order valence-electron chi connectivity index (χ4n) is 23.9. The smallest absolute Gasteiger partial charge is 0.0754 e. The molecule has 626 valence electrons. The molecule has 1 aliphatic carbocycles. The Morgan fingerprint density at radius 3 is 1.04 bits per heavy atom. The quantitative estimate of drug-likeness (QED) is 0.152. The van der Waals surface area contributed by atoms with Crippen molar-refractivity contribution in [3.8, 4) is 61.6 Å². The van der Waals surface area contributed by atoms with Crippen LogP contribution in [0.4, 0.5) is 34.1 Å². The highest BCUT2D eigenvalue weighted by atomic mass is 15.2. The lowest BCUT2D eigenvalue weighted by Gasteiger charge is -2.45. The van der Waals surface area contributed by atoms with E-state index < -0.39 is 5.41 Å². The van der Waals surface area contributed by atoms with E-state index in [0.717, 1.165) is 17.1 Å². The van der Waals surface area contributed by atoms with Gasteiger partial charge in [0.1, 0.15) is 0 Å². The number of nitrogens with zero attached hydrogens (tertiary/aromatic N) is 6. The molecule has 3 aliphatic heterocycles. The first kappa shape index (κ1) is 76.3. The zero-order chi connectivity index (χ0) is 88.1. The van der Waals surface area contributed by atoms with Crippen molar-refractivity contribution >= 4 is 138 Å². The van der Waals surface area contributed by atoms with Crippen LogP contribution in [-0.2, 0) is 16.2 Å². The lowest BCUT2D eigenvalue weighted by molar-refractivity contribution is 0.630. The van der Waals surface area contributed by atoms with Gasteiger partial charge in [-0.3, -0.25) is 0 Å². The van der Waals surface area contributed by atoms with Gasteiger partial charge in [0.05, 0.1) is 77.8 Å². The summed E-state index contributed by atoms with van der Waals surface area (Å²) in [6.07, 6.45) is 0. The summed E-state index contributed by atoms with van der Waals surface area (Å²) < 4.78 is 9.87. The maximum absolute atomic E-state index is 2.50. The highest BCUT2D eigenvalue weighted by Crippen LogP contribution is 2.64. The van der Waals surface area contributed by atoms with E-state index in [2.05, 4.69) is 517 Å². The molecular formula is C127H88N6. The molecule has 8 heterocycles. The van der Waals surface area contributed by atoms with Gasteiger partial charge in [-0.25, -0.2) is 0 Å². The Bertz CT molecular complexity index is 8760. The Balaban J connectivity index is 0.000000102. The molecule has 4 aliphatic rings. The highest BCUT2D eigenvalue weighted by Gasteiger charge is 2.52. The Labute approximate surface area is 771 Å². The third-order valence-corrected chi connectivity index (χ3v) is 29.8. The molecule has 20 aromatic carbocycles. The van der Waals surface area contributed by atoms with Crippen molar-refractivity contribution in [2.45, 2.75) is 43.9 Å². The molecule has 6 nitrogen and oxygen atoms in total. The molecular weight excluding hydrogens is 1610 g/mol. The molecule has 1 spiro atoms. The van der Waals surface area contributed by atoms with Crippen LogP contribution >= 0.6 is 0 Å². The molecule has 0 N–H and O–H groups in total. The summed E-state index contributed by atoms with van der Waals surface area (Å²) in [6.45, 7) is 9.48. The van der Waals surface area contributed by atoms with Crippen LogP contribution in [0.25, 0.3) is 165 Å². The molecule has 0 bridgehead atoms. The van der Waals surface area contributed by atoms with Crippen LogP contribution in [0, 0.1) is 0 Å². The van der Waals surface area contributed by atoms with Crippen molar-refractivity contribution in [2.75, 3.05) is 9.80 Å². The molecule has 29 rings (SSSR count). The van der Waals surface area contributed by atoms with E-state index in [9.17, 15) is 0 Å². The summed E-state index contributed by atoms with van der Waals surface area (Å²) in [6, 6.07) is 170. The van der Waals surface area contributed by atoms with Crippen LogP contribution in [0.3, 0.4) is 0 Å². The average molecular weight is 1700 g/mol. The van der Waals surface area contributed by atoms with Crippen LogP contribution < -0.4 is 9.80 Å². The van der Waals surface area contributed by atoms with Gasteiger partial charge in [0.2, 0.25) is 0 Å². The standard InChI is InChI=1S/C46H32N2.C42H28N2.C39H28N2/c1-45(2)36-19-7-10-23-41(36)48-40-27-26-29(28-33(40)32-16-13-22-39(45)44(32)48)47-42-24-11-8-20-37(42)46(38-21-9-12-25-43(38)47)34-17-5-3-14-30(34)31-15-4-6-18-35(31)46;1-3-11-29(12-4-1)31-19-23-33(24-20-31)43(34-25-21-32(22-26-34)30-13-5-2-6-14-30)35-27-38-36-15-7-9-17-40(36)44-41-18-10-8-16-37(41)39(28-35)42(38)44;1-39(2)32-16-8-11-19-37(32)41-36-21-20-27(40-34-17-9-6-14-28(34)29-15-7-10-18-35(29)40)24-30(36)31-22-26(23-33(39)38(31)41)25-12-4-3-5-13-25/h3-28H,1-2H3;1-28H;3-24H,1-2H3. The average Bonchev–Trinajstić information content (AvgIpc) is 1.64. The van der Waals surface area contributed by atoms with E-state index in [0.29, 0.717) is 0 Å². The summed E-state index contributed by atoms with van der Waals surface area (Å²) in [5.41, 5.74) is 42.4. The fraction of sp³-hybridized carbons (Fsp3) is 0.0551. The van der Waals surface area contributed by atoms with Gasteiger partial charge in [-0.1, -0.05) is 355 Å². The number of aromatic nitrogens is 4. The molecule has 133 heavy (non-hydrogen) atoms. The number of fused-ring (bicyclic) bond motifs is 28. The van der Waals surface area contributed by atoms with Gasteiger partial charge in [-0.15, -0.1) is 0 Å². The van der Waals surface area contributed by atoms with Gasteiger partial charge in [-0.05, 0) is 222 Å². The summed E-state index contributed by atoms with van der Waals surface area (Å²) in [5.74, 6) is 0. The SMILES string of the molecule is CC1(C)c2ccccc2-n2c3ccc(-n4c5ccccc5c5ccccc54)cc3c3cc(-c4ccccc4)cc1c32.CC1(C)c2ccccc2-n2c3ccc(N4c5ccccc5C5(c6ccccc6-c6ccccc65)c5ccccc54)cc3c3cccc1c32.c1ccc(-c2ccc(N(c3ccc(-c4ccccc4)cc3)c3cc4c5ccccc5n5c6ccccc6c(c3)c45)cc2)cc1. The summed E-state index contributed by atoms with van der Waals surface area (Å²) in [5, 5.41) is 12.8. The van der Waals surface area contributed by atoms with E-state index in [1.54, 1.807) is 0 Å².